The van der Waals surface area contributed by atoms with Crippen LogP contribution in [0, 0.1) is 5.82 Å². The Morgan fingerprint density at radius 2 is 1.33 bits per heavy atom. The van der Waals surface area contributed by atoms with Crippen molar-refractivity contribution in [3.05, 3.63) is 72.3 Å². The van der Waals surface area contributed by atoms with Gasteiger partial charge < -0.3 is 4.74 Å². The van der Waals surface area contributed by atoms with Crippen molar-refractivity contribution in [2.24, 2.45) is 0 Å². The molecule has 0 N–H and O–H groups in total. The molecule has 7 heteroatoms. The summed E-state index contributed by atoms with van der Waals surface area (Å²) in [4.78, 5) is 7.99. The van der Waals surface area contributed by atoms with Crippen LogP contribution in [0.25, 0.3) is 11.1 Å². The minimum atomic E-state index is -4.40. The van der Waals surface area contributed by atoms with Crippen LogP contribution >= 0.6 is 0 Å². The van der Waals surface area contributed by atoms with Gasteiger partial charge in [0.1, 0.15) is 11.6 Å². The number of rotatable bonds is 3. The van der Waals surface area contributed by atoms with E-state index in [0.717, 1.165) is 17.7 Å². The second kappa shape index (κ2) is 6.27. The van der Waals surface area contributed by atoms with Gasteiger partial charge in [0.15, 0.2) is 0 Å². The van der Waals surface area contributed by atoms with Crippen molar-refractivity contribution in [1.82, 2.24) is 9.97 Å². The SMILES string of the molecule is Fc1ccc(-c2cnc(Oc3ccc(C(F)(F)F)cc3)nc2)cc1. The van der Waals surface area contributed by atoms with E-state index < -0.39 is 11.7 Å². The number of ether oxygens (including phenoxy) is 1. The molecule has 0 radical (unpaired) electrons. The molecular weight excluding hydrogens is 324 g/mol. The number of benzene rings is 2. The number of alkyl halides is 3. The predicted octanol–water partition coefficient (Wildman–Crippen LogP) is 5.09. The molecule has 3 nitrogen and oxygen atoms in total. The van der Waals surface area contributed by atoms with E-state index in [-0.39, 0.29) is 17.6 Å². The molecule has 1 heterocycles. The maximum Gasteiger partial charge on any atom is 0.416 e. The Kier molecular flexibility index (Phi) is 4.16. The van der Waals surface area contributed by atoms with Crippen LogP contribution in [-0.2, 0) is 6.18 Å². The zero-order valence-electron chi connectivity index (χ0n) is 12.1. The third-order valence-electron chi connectivity index (χ3n) is 3.20. The van der Waals surface area contributed by atoms with Crippen LogP contribution in [-0.4, -0.2) is 9.97 Å². The Morgan fingerprint density at radius 3 is 1.88 bits per heavy atom. The first kappa shape index (κ1) is 15.9. The second-order valence-corrected chi connectivity index (χ2v) is 4.89. The maximum absolute atomic E-state index is 12.9. The fourth-order valence-corrected chi connectivity index (χ4v) is 1.98. The molecule has 0 saturated carbocycles. The molecule has 0 spiro atoms. The Morgan fingerprint density at radius 1 is 0.750 bits per heavy atom. The average molecular weight is 334 g/mol. The first-order valence-corrected chi connectivity index (χ1v) is 6.85. The first-order chi connectivity index (χ1) is 11.4. The van der Waals surface area contributed by atoms with Crippen molar-refractivity contribution in [2.75, 3.05) is 0 Å². The van der Waals surface area contributed by atoms with E-state index in [4.69, 9.17) is 4.74 Å². The van der Waals surface area contributed by atoms with Gasteiger partial charge in [-0.05, 0) is 42.0 Å². The molecule has 0 bridgehead atoms. The lowest BCUT2D eigenvalue weighted by Crippen LogP contribution is -2.04. The molecule has 0 aliphatic rings. The molecule has 3 aromatic rings. The molecule has 0 atom stereocenters. The Balaban J connectivity index is 1.73. The second-order valence-electron chi connectivity index (χ2n) is 4.89. The summed E-state index contributed by atoms with van der Waals surface area (Å²) < 4.78 is 55.7. The fourth-order valence-electron chi connectivity index (χ4n) is 1.98. The summed E-state index contributed by atoms with van der Waals surface area (Å²) in [6.45, 7) is 0. The first-order valence-electron chi connectivity index (χ1n) is 6.85. The molecule has 0 unspecified atom stereocenters. The monoisotopic (exact) mass is 334 g/mol. The predicted molar refractivity (Wildman–Crippen MR) is 78.9 cm³/mol. The lowest BCUT2D eigenvalue weighted by molar-refractivity contribution is -0.137. The van der Waals surface area contributed by atoms with Crippen molar-refractivity contribution in [3.63, 3.8) is 0 Å². The molecule has 0 amide bonds. The standard InChI is InChI=1S/C17H10F4N2O/c18-14-5-1-11(2-6-14)12-9-22-16(23-10-12)24-15-7-3-13(4-8-15)17(19,20)21/h1-10H. The minimum Gasteiger partial charge on any atom is -0.424 e. The molecular formula is C17H10F4N2O. The van der Waals surface area contributed by atoms with E-state index in [1.54, 1.807) is 12.1 Å². The topological polar surface area (TPSA) is 35.0 Å². The van der Waals surface area contributed by atoms with Crippen molar-refractivity contribution in [3.8, 4) is 22.9 Å². The van der Waals surface area contributed by atoms with Crippen LogP contribution in [0.2, 0.25) is 0 Å². The zero-order chi connectivity index (χ0) is 17.2. The van der Waals surface area contributed by atoms with Crippen molar-refractivity contribution >= 4 is 0 Å². The summed E-state index contributed by atoms with van der Waals surface area (Å²) in [5.74, 6) is -0.153. The molecule has 122 valence electrons. The summed E-state index contributed by atoms with van der Waals surface area (Å²) in [6, 6.07) is 10.0. The number of halogens is 4. The maximum atomic E-state index is 12.9. The van der Waals surface area contributed by atoms with Gasteiger partial charge in [0.2, 0.25) is 0 Å². The van der Waals surface area contributed by atoms with E-state index >= 15 is 0 Å². The van der Waals surface area contributed by atoms with E-state index in [0.29, 0.717) is 5.56 Å². The number of hydrogen-bond donors (Lipinski definition) is 0. The molecule has 0 aliphatic heterocycles. The van der Waals surface area contributed by atoms with Gasteiger partial charge in [-0.15, -0.1) is 0 Å². The van der Waals surface area contributed by atoms with Crippen LogP contribution in [0.4, 0.5) is 17.6 Å². The summed E-state index contributed by atoms with van der Waals surface area (Å²) in [6.07, 6.45) is -1.43. The number of aromatic nitrogens is 2. The lowest BCUT2D eigenvalue weighted by atomic mass is 10.1. The van der Waals surface area contributed by atoms with Gasteiger partial charge in [-0.1, -0.05) is 12.1 Å². The van der Waals surface area contributed by atoms with Gasteiger partial charge in [0.25, 0.3) is 0 Å². The summed E-state index contributed by atoms with van der Waals surface area (Å²) >= 11 is 0. The van der Waals surface area contributed by atoms with Gasteiger partial charge in [-0.2, -0.15) is 13.2 Å². The molecule has 3 rings (SSSR count). The average Bonchev–Trinajstić information content (AvgIpc) is 2.56. The molecule has 0 aliphatic carbocycles. The fraction of sp³-hybridized carbons (Fsp3) is 0.0588. The van der Waals surface area contributed by atoms with Crippen LogP contribution in [0.5, 0.6) is 11.8 Å². The third kappa shape index (κ3) is 3.68. The van der Waals surface area contributed by atoms with Crippen molar-refractivity contribution in [1.29, 1.82) is 0 Å². The molecule has 0 fully saturated rings. The molecule has 24 heavy (non-hydrogen) atoms. The van der Waals surface area contributed by atoms with E-state index in [1.165, 1.54) is 36.7 Å². The van der Waals surface area contributed by atoms with Gasteiger partial charge in [0.05, 0.1) is 5.56 Å². The quantitative estimate of drug-likeness (QED) is 0.626. The van der Waals surface area contributed by atoms with Gasteiger partial charge in [-0.3, -0.25) is 0 Å². The van der Waals surface area contributed by atoms with Crippen LogP contribution in [0.15, 0.2) is 60.9 Å². The van der Waals surface area contributed by atoms with Crippen molar-refractivity contribution in [2.45, 2.75) is 6.18 Å². The van der Waals surface area contributed by atoms with Crippen molar-refractivity contribution < 1.29 is 22.3 Å². The zero-order valence-corrected chi connectivity index (χ0v) is 12.1. The van der Waals surface area contributed by atoms with Gasteiger partial charge >= 0.3 is 12.2 Å². The van der Waals surface area contributed by atoms with E-state index in [1.807, 2.05) is 0 Å². The molecule has 1 aromatic heterocycles. The normalized spacial score (nSPS) is 11.3. The van der Waals surface area contributed by atoms with Gasteiger partial charge in [0, 0.05) is 18.0 Å². The molecule has 0 saturated heterocycles. The molecule has 2 aromatic carbocycles. The lowest BCUT2D eigenvalue weighted by Gasteiger charge is -2.08. The summed E-state index contributed by atoms with van der Waals surface area (Å²) in [7, 11) is 0. The highest BCUT2D eigenvalue weighted by molar-refractivity contribution is 5.61. The largest absolute Gasteiger partial charge is 0.424 e. The number of hydrogen-bond acceptors (Lipinski definition) is 3. The third-order valence-corrected chi connectivity index (χ3v) is 3.20. The van der Waals surface area contributed by atoms with E-state index in [2.05, 4.69) is 9.97 Å². The Labute approximate surface area is 134 Å². The Hall–Kier alpha value is -2.96. The highest BCUT2D eigenvalue weighted by Crippen LogP contribution is 2.31. The summed E-state index contributed by atoms with van der Waals surface area (Å²) in [5, 5.41) is 0. The number of nitrogens with zero attached hydrogens (tertiary/aromatic N) is 2. The van der Waals surface area contributed by atoms with E-state index in [9.17, 15) is 17.6 Å². The highest BCUT2D eigenvalue weighted by Gasteiger charge is 2.30. The van der Waals surface area contributed by atoms with Crippen LogP contribution in [0.3, 0.4) is 0 Å². The van der Waals surface area contributed by atoms with Crippen LogP contribution < -0.4 is 4.74 Å². The highest BCUT2D eigenvalue weighted by atomic mass is 19.4. The smallest absolute Gasteiger partial charge is 0.416 e. The van der Waals surface area contributed by atoms with Gasteiger partial charge in [-0.25, -0.2) is 14.4 Å². The minimum absolute atomic E-state index is 0.000574. The Bertz CT molecular complexity index is 813. The summed E-state index contributed by atoms with van der Waals surface area (Å²) in [5.41, 5.74) is 0.634. The van der Waals surface area contributed by atoms with Crippen LogP contribution in [0.1, 0.15) is 5.56 Å².